The normalized spacial score (nSPS) is 14.8. The highest BCUT2D eigenvalue weighted by atomic mass is 16.5. The molecule has 0 radical (unpaired) electrons. The number of hydrogen-bond acceptors (Lipinski definition) is 5. The number of para-hydroxylation sites is 1. The molecule has 0 bridgehead atoms. The molecule has 1 fully saturated rings. The Morgan fingerprint density at radius 1 is 1.11 bits per heavy atom. The van der Waals surface area contributed by atoms with E-state index in [9.17, 15) is 15.0 Å². The van der Waals surface area contributed by atoms with Crippen molar-refractivity contribution in [2.45, 2.75) is 52.3 Å². The number of ether oxygens (including phenoxy) is 1. The molecule has 0 spiro atoms. The first-order valence-corrected chi connectivity index (χ1v) is 13.0. The average molecular weight is 494 g/mol. The Hall–Kier alpha value is -2.87. The third kappa shape index (κ3) is 6.46. The van der Waals surface area contributed by atoms with Crippen molar-refractivity contribution >= 4 is 16.8 Å². The van der Waals surface area contributed by atoms with Crippen LogP contribution in [0.1, 0.15) is 36.1 Å². The minimum atomic E-state index is -0.534. The molecule has 194 valence electrons. The van der Waals surface area contributed by atoms with E-state index in [-0.39, 0.29) is 12.5 Å². The smallest absolute Gasteiger partial charge is 0.222 e. The van der Waals surface area contributed by atoms with E-state index in [1.54, 1.807) is 0 Å². The van der Waals surface area contributed by atoms with Gasteiger partial charge in [0, 0.05) is 55.8 Å². The first-order valence-electron chi connectivity index (χ1n) is 13.0. The Morgan fingerprint density at radius 3 is 2.61 bits per heavy atom. The monoisotopic (exact) mass is 493 g/mol. The molecule has 4 rings (SSSR count). The van der Waals surface area contributed by atoms with Gasteiger partial charge in [0.15, 0.2) is 0 Å². The molecule has 36 heavy (non-hydrogen) atoms. The van der Waals surface area contributed by atoms with Gasteiger partial charge in [-0.15, -0.1) is 0 Å². The summed E-state index contributed by atoms with van der Waals surface area (Å²) in [5.41, 5.74) is 4.71. The number of aryl methyl sites for hydroxylation is 1. The Morgan fingerprint density at radius 2 is 1.89 bits per heavy atom. The second-order valence-corrected chi connectivity index (χ2v) is 9.78. The zero-order valence-corrected chi connectivity index (χ0v) is 21.5. The molecular formula is C29H39N3O4. The van der Waals surface area contributed by atoms with Crippen molar-refractivity contribution in [1.29, 1.82) is 0 Å². The summed E-state index contributed by atoms with van der Waals surface area (Å²) in [5, 5.41) is 21.6. The van der Waals surface area contributed by atoms with E-state index in [1.165, 1.54) is 16.6 Å². The van der Waals surface area contributed by atoms with Gasteiger partial charge in [-0.3, -0.25) is 9.69 Å². The zero-order chi connectivity index (χ0) is 25.5. The van der Waals surface area contributed by atoms with Crippen molar-refractivity contribution in [2.24, 2.45) is 0 Å². The largest absolute Gasteiger partial charge is 0.492 e. The number of amides is 1. The maximum absolute atomic E-state index is 11.7. The minimum Gasteiger partial charge on any atom is -0.492 e. The van der Waals surface area contributed by atoms with Crippen LogP contribution in [0.25, 0.3) is 10.9 Å². The zero-order valence-electron chi connectivity index (χ0n) is 21.5. The number of nitrogens with zero attached hydrogens (tertiary/aromatic N) is 3. The fourth-order valence-corrected chi connectivity index (χ4v) is 5.10. The molecule has 2 N–H and O–H groups in total. The molecule has 7 nitrogen and oxygen atoms in total. The SMILES string of the molecule is Cc1c(C)n(C[C@@H](O)CN(CCCO)Cc2ccc(OCCN3CCCC3=O)cc2)c2ccccc12. The molecule has 1 aromatic heterocycles. The van der Waals surface area contributed by atoms with Crippen molar-refractivity contribution < 1.29 is 19.7 Å². The summed E-state index contributed by atoms with van der Waals surface area (Å²) in [6.07, 6.45) is 1.72. The fourth-order valence-electron chi connectivity index (χ4n) is 5.10. The second-order valence-electron chi connectivity index (χ2n) is 9.78. The van der Waals surface area contributed by atoms with Crippen LogP contribution in [0.15, 0.2) is 48.5 Å². The predicted octanol–water partition coefficient (Wildman–Crippen LogP) is 3.50. The summed E-state index contributed by atoms with van der Waals surface area (Å²) < 4.78 is 8.05. The van der Waals surface area contributed by atoms with Crippen LogP contribution >= 0.6 is 0 Å². The molecule has 0 aliphatic carbocycles. The van der Waals surface area contributed by atoms with Gasteiger partial charge in [-0.25, -0.2) is 0 Å². The standard InChI is InChI=1S/C29H39N3O4/c1-22-23(2)32(28-8-4-3-7-27(22)28)21-25(34)20-30(14-6-17-33)19-24-10-12-26(13-11-24)36-18-16-31-15-5-9-29(31)35/h3-4,7-8,10-13,25,33-34H,5-6,9,14-21H2,1-2H3/t25-/m0/s1. The van der Waals surface area contributed by atoms with Crippen LogP contribution in [0.5, 0.6) is 5.75 Å². The maximum Gasteiger partial charge on any atom is 0.222 e. The summed E-state index contributed by atoms with van der Waals surface area (Å²) in [6.45, 7) is 8.76. The molecule has 1 amide bonds. The van der Waals surface area contributed by atoms with Gasteiger partial charge in [0.1, 0.15) is 12.4 Å². The second kappa shape index (κ2) is 12.4. The van der Waals surface area contributed by atoms with Crippen LogP contribution in [0, 0.1) is 13.8 Å². The molecule has 3 aromatic rings. The van der Waals surface area contributed by atoms with E-state index in [2.05, 4.69) is 41.5 Å². The highest BCUT2D eigenvalue weighted by Crippen LogP contribution is 2.25. The topological polar surface area (TPSA) is 78.2 Å². The van der Waals surface area contributed by atoms with Crippen molar-refractivity contribution in [3.05, 3.63) is 65.4 Å². The third-order valence-electron chi connectivity index (χ3n) is 7.17. The van der Waals surface area contributed by atoms with Crippen LogP contribution < -0.4 is 4.74 Å². The molecule has 2 aromatic carbocycles. The molecular weight excluding hydrogens is 454 g/mol. The van der Waals surface area contributed by atoms with Gasteiger partial charge in [-0.2, -0.15) is 0 Å². The summed E-state index contributed by atoms with van der Waals surface area (Å²) in [7, 11) is 0. The Kier molecular flexibility index (Phi) is 9.02. The molecule has 0 unspecified atom stereocenters. The lowest BCUT2D eigenvalue weighted by Crippen LogP contribution is -2.35. The van der Waals surface area contributed by atoms with Crippen LogP contribution in [-0.2, 0) is 17.9 Å². The summed E-state index contributed by atoms with van der Waals surface area (Å²) in [6, 6.07) is 16.3. The van der Waals surface area contributed by atoms with Crippen LogP contribution in [-0.4, -0.2) is 76.0 Å². The quantitative estimate of drug-likeness (QED) is 0.381. The molecule has 0 saturated carbocycles. The lowest BCUT2D eigenvalue weighted by molar-refractivity contribution is -0.128. The lowest BCUT2D eigenvalue weighted by Gasteiger charge is -2.26. The number of aliphatic hydroxyl groups is 2. The highest BCUT2D eigenvalue weighted by Gasteiger charge is 2.20. The lowest BCUT2D eigenvalue weighted by atomic mass is 10.2. The number of rotatable bonds is 13. The third-order valence-corrected chi connectivity index (χ3v) is 7.17. The van der Waals surface area contributed by atoms with Gasteiger partial charge < -0.3 is 24.4 Å². The van der Waals surface area contributed by atoms with Gasteiger partial charge in [0.05, 0.1) is 19.2 Å². The molecule has 1 saturated heterocycles. The molecule has 7 heteroatoms. The number of fused-ring (bicyclic) bond motifs is 1. The van der Waals surface area contributed by atoms with Gasteiger partial charge in [0.25, 0.3) is 0 Å². The number of benzene rings is 2. The fraction of sp³-hybridized carbons (Fsp3) is 0.483. The van der Waals surface area contributed by atoms with Gasteiger partial charge >= 0.3 is 0 Å². The molecule has 1 aliphatic rings. The summed E-state index contributed by atoms with van der Waals surface area (Å²) in [4.78, 5) is 15.8. The van der Waals surface area contributed by atoms with Crippen molar-refractivity contribution in [3.63, 3.8) is 0 Å². The van der Waals surface area contributed by atoms with Crippen LogP contribution in [0.3, 0.4) is 0 Å². The number of carbonyl (C=O) groups excluding carboxylic acids is 1. The van der Waals surface area contributed by atoms with Crippen molar-refractivity contribution in [2.75, 3.05) is 39.4 Å². The molecule has 1 aliphatic heterocycles. The number of hydrogen-bond donors (Lipinski definition) is 2. The maximum atomic E-state index is 11.7. The molecule has 1 atom stereocenters. The van der Waals surface area contributed by atoms with Crippen molar-refractivity contribution in [3.8, 4) is 5.75 Å². The van der Waals surface area contributed by atoms with Crippen molar-refractivity contribution in [1.82, 2.24) is 14.4 Å². The number of likely N-dealkylation sites (tertiary alicyclic amines) is 1. The van der Waals surface area contributed by atoms with E-state index in [0.717, 1.165) is 29.8 Å². The molecule has 2 heterocycles. The predicted molar refractivity (Wildman–Crippen MR) is 142 cm³/mol. The van der Waals surface area contributed by atoms with Crippen LogP contribution in [0.4, 0.5) is 0 Å². The van der Waals surface area contributed by atoms with Crippen LogP contribution in [0.2, 0.25) is 0 Å². The number of aromatic nitrogens is 1. The Balaban J connectivity index is 1.33. The van der Waals surface area contributed by atoms with Gasteiger partial charge in [-0.1, -0.05) is 30.3 Å². The van der Waals surface area contributed by atoms with E-state index in [1.807, 2.05) is 35.2 Å². The summed E-state index contributed by atoms with van der Waals surface area (Å²) >= 11 is 0. The first kappa shape index (κ1) is 26.2. The summed E-state index contributed by atoms with van der Waals surface area (Å²) in [5.74, 6) is 1.01. The number of carbonyl (C=O) groups is 1. The Labute approximate surface area is 213 Å². The van der Waals surface area contributed by atoms with Gasteiger partial charge in [-0.05, 0) is 56.0 Å². The first-order chi connectivity index (χ1) is 17.5. The van der Waals surface area contributed by atoms with E-state index >= 15 is 0 Å². The van der Waals surface area contributed by atoms with Gasteiger partial charge in [0.2, 0.25) is 5.91 Å². The number of aliphatic hydroxyl groups excluding tert-OH is 2. The Bertz CT molecular complexity index is 1140. The van der Waals surface area contributed by atoms with E-state index < -0.39 is 6.10 Å². The highest BCUT2D eigenvalue weighted by molar-refractivity contribution is 5.85. The van der Waals surface area contributed by atoms with E-state index in [4.69, 9.17) is 4.74 Å². The minimum absolute atomic E-state index is 0.124. The average Bonchev–Trinajstić information content (AvgIpc) is 3.39. The van der Waals surface area contributed by atoms with E-state index in [0.29, 0.717) is 52.2 Å².